The Kier molecular flexibility index (Phi) is 5.65. The summed E-state index contributed by atoms with van der Waals surface area (Å²) >= 11 is 6.07. The monoisotopic (exact) mass is 351 g/mol. The Bertz CT molecular complexity index is 785. The van der Waals surface area contributed by atoms with Gasteiger partial charge in [-0.05, 0) is 35.4 Å². The number of para-hydroxylation sites is 1. The third-order valence-electron chi connectivity index (χ3n) is 3.90. The zero-order valence-electron chi connectivity index (χ0n) is 13.5. The Morgan fingerprint density at radius 3 is 2.28 bits per heavy atom. The summed E-state index contributed by atoms with van der Waals surface area (Å²) in [6, 6.07) is 20.9. The number of urea groups is 1. The molecule has 126 valence electrons. The molecule has 25 heavy (non-hydrogen) atoms. The summed E-state index contributed by atoms with van der Waals surface area (Å²) in [7, 11) is 0. The van der Waals surface area contributed by atoms with Crippen molar-refractivity contribution in [2.24, 2.45) is 0 Å². The third-order valence-corrected chi connectivity index (χ3v) is 4.23. The number of rotatable bonds is 5. The maximum absolute atomic E-state index is 12.2. The number of amides is 2. The molecule has 0 radical (unpaired) electrons. The highest BCUT2D eigenvalue weighted by molar-refractivity contribution is 6.33. The normalized spacial score (nSPS) is 11.6. The van der Waals surface area contributed by atoms with Crippen molar-refractivity contribution in [2.75, 3.05) is 11.9 Å². The molecule has 0 aliphatic rings. The van der Waals surface area contributed by atoms with Gasteiger partial charge in [-0.1, -0.05) is 54.1 Å². The summed E-state index contributed by atoms with van der Waals surface area (Å²) in [6.45, 7) is 0.463. The molecule has 0 saturated heterocycles. The molecule has 3 aromatic rings. The van der Waals surface area contributed by atoms with Gasteiger partial charge >= 0.3 is 6.03 Å². The summed E-state index contributed by atoms with van der Waals surface area (Å²) in [5.41, 5.74) is 2.81. The smallest absolute Gasteiger partial charge is 0.319 e. The number of hydrogen-bond acceptors (Lipinski definition) is 2. The van der Waals surface area contributed by atoms with Crippen LogP contribution in [0.3, 0.4) is 0 Å². The molecule has 2 amide bonds. The Morgan fingerprint density at radius 1 is 0.920 bits per heavy atom. The number of anilines is 1. The van der Waals surface area contributed by atoms with Crippen molar-refractivity contribution >= 4 is 23.3 Å². The number of pyridine rings is 1. The van der Waals surface area contributed by atoms with Crippen LogP contribution >= 0.6 is 11.6 Å². The summed E-state index contributed by atoms with van der Waals surface area (Å²) in [5.74, 6) is 0.0428. The Hall–Kier alpha value is -2.85. The maximum Gasteiger partial charge on any atom is 0.319 e. The molecule has 1 heterocycles. The van der Waals surface area contributed by atoms with E-state index in [0.717, 1.165) is 11.1 Å². The number of nitrogens with one attached hydrogen (secondary N) is 2. The van der Waals surface area contributed by atoms with Gasteiger partial charge in [0.2, 0.25) is 0 Å². The van der Waals surface area contributed by atoms with Gasteiger partial charge in [-0.3, -0.25) is 4.98 Å². The lowest BCUT2D eigenvalue weighted by Crippen LogP contribution is -2.32. The number of nitrogens with zero attached hydrogens (tertiary/aromatic N) is 1. The van der Waals surface area contributed by atoms with Gasteiger partial charge in [0.05, 0.1) is 10.7 Å². The van der Waals surface area contributed by atoms with E-state index >= 15 is 0 Å². The minimum Gasteiger partial charge on any atom is -0.337 e. The van der Waals surface area contributed by atoms with Crippen molar-refractivity contribution in [1.82, 2.24) is 10.3 Å². The van der Waals surface area contributed by atoms with Crippen molar-refractivity contribution in [1.29, 1.82) is 0 Å². The summed E-state index contributed by atoms with van der Waals surface area (Å²) < 4.78 is 0. The van der Waals surface area contributed by atoms with Gasteiger partial charge in [0.15, 0.2) is 0 Å². The van der Waals surface area contributed by atoms with Crippen LogP contribution in [-0.4, -0.2) is 17.6 Å². The van der Waals surface area contributed by atoms with Crippen LogP contribution in [0.1, 0.15) is 17.0 Å². The van der Waals surface area contributed by atoms with Gasteiger partial charge < -0.3 is 10.6 Å². The second-order valence-corrected chi connectivity index (χ2v) is 5.97. The van der Waals surface area contributed by atoms with Crippen LogP contribution in [0.4, 0.5) is 10.5 Å². The number of carbonyl (C=O) groups is 1. The van der Waals surface area contributed by atoms with E-state index in [1.807, 2.05) is 42.5 Å². The molecular formula is C20H18ClN3O. The molecular weight excluding hydrogens is 334 g/mol. The molecule has 2 aromatic carbocycles. The molecule has 1 aromatic heterocycles. The first-order valence-corrected chi connectivity index (χ1v) is 8.36. The Labute approximate surface area is 151 Å². The van der Waals surface area contributed by atoms with Crippen molar-refractivity contribution in [3.05, 3.63) is 95.3 Å². The van der Waals surface area contributed by atoms with E-state index in [4.69, 9.17) is 11.6 Å². The van der Waals surface area contributed by atoms with Gasteiger partial charge in [0.1, 0.15) is 0 Å². The van der Waals surface area contributed by atoms with Gasteiger partial charge in [-0.2, -0.15) is 0 Å². The molecule has 0 fully saturated rings. The SMILES string of the molecule is O=C(NCC(c1ccccc1)c1ccncc1)Nc1ccccc1Cl. The molecule has 1 unspecified atom stereocenters. The molecule has 0 saturated carbocycles. The topological polar surface area (TPSA) is 54.0 Å². The fourth-order valence-corrected chi connectivity index (χ4v) is 2.82. The van der Waals surface area contributed by atoms with E-state index in [-0.39, 0.29) is 11.9 Å². The fourth-order valence-electron chi connectivity index (χ4n) is 2.63. The molecule has 1 atom stereocenters. The molecule has 0 bridgehead atoms. The lowest BCUT2D eigenvalue weighted by molar-refractivity contribution is 0.252. The van der Waals surface area contributed by atoms with E-state index in [0.29, 0.717) is 17.3 Å². The molecule has 0 spiro atoms. The standard InChI is InChI=1S/C20H18ClN3O/c21-18-8-4-5-9-19(18)24-20(25)23-14-17(15-6-2-1-3-7-15)16-10-12-22-13-11-16/h1-13,17H,14H2,(H2,23,24,25). The molecule has 5 heteroatoms. The molecule has 4 nitrogen and oxygen atoms in total. The number of halogens is 1. The van der Waals surface area contributed by atoms with Gasteiger partial charge in [-0.15, -0.1) is 0 Å². The maximum atomic E-state index is 12.2. The first-order chi connectivity index (χ1) is 12.2. The van der Waals surface area contributed by atoms with E-state index in [9.17, 15) is 4.79 Å². The average molecular weight is 352 g/mol. The predicted molar refractivity (Wildman–Crippen MR) is 101 cm³/mol. The highest BCUT2D eigenvalue weighted by Crippen LogP contribution is 2.24. The number of benzene rings is 2. The van der Waals surface area contributed by atoms with E-state index in [2.05, 4.69) is 27.8 Å². The number of aromatic nitrogens is 1. The predicted octanol–water partition coefficient (Wildman–Crippen LogP) is 4.69. The van der Waals surface area contributed by atoms with Crippen LogP contribution in [0.5, 0.6) is 0 Å². The number of carbonyl (C=O) groups excluding carboxylic acids is 1. The number of hydrogen-bond donors (Lipinski definition) is 2. The highest BCUT2D eigenvalue weighted by Gasteiger charge is 2.15. The van der Waals surface area contributed by atoms with E-state index in [1.54, 1.807) is 24.5 Å². The quantitative estimate of drug-likeness (QED) is 0.700. The van der Waals surface area contributed by atoms with E-state index in [1.165, 1.54) is 0 Å². The Balaban J connectivity index is 1.71. The zero-order chi connectivity index (χ0) is 17.5. The van der Waals surface area contributed by atoms with Crippen LogP contribution < -0.4 is 10.6 Å². The molecule has 2 N–H and O–H groups in total. The minimum atomic E-state index is -0.289. The van der Waals surface area contributed by atoms with Crippen LogP contribution in [0.25, 0.3) is 0 Å². The largest absolute Gasteiger partial charge is 0.337 e. The lowest BCUT2D eigenvalue weighted by Gasteiger charge is -2.19. The molecule has 0 aliphatic carbocycles. The third kappa shape index (κ3) is 4.58. The van der Waals surface area contributed by atoms with Gasteiger partial charge in [-0.25, -0.2) is 4.79 Å². The van der Waals surface area contributed by atoms with E-state index < -0.39 is 0 Å². The average Bonchev–Trinajstić information content (AvgIpc) is 2.66. The van der Waals surface area contributed by atoms with Crippen molar-refractivity contribution in [2.45, 2.75) is 5.92 Å². The van der Waals surface area contributed by atoms with Crippen molar-refractivity contribution < 1.29 is 4.79 Å². The Morgan fingerprint density at radius 2 is 1.56 bits per heavy atom. The van der Waals surface area contributed by atoms with Crippen LogP contribution in [0.15, 0.2) is 79.1 Å². The van der Waals surface area contributed by atoms with Gasteiger partial charge in [0, 0.05) is 24.9 Å². The van der Waals surface area contributed by atoms with Crippen molar-refractivity contribution in [3.8, 4) is 0 Å². The van der Waals surface area contributed by atoms with Crippen LogP contribution in [-0.2, 0) is 0 Å². The zero-order valence-corrected chi connectivity index (χ0v) is 14.3. The molecule has 0 aliphatic heterocycles. The fraction of sp³-hybridized carbons (Fsp3) is 0.100. The van der Waals surface area contributed by atoms with Crippen LogP contribution in [0, 0.1) is 0 Å². The van der Waals surface area contributed by atoms with Gasteiger partial charge in [0.25, 0.3) is 0 Å². The van der Waals surface area contributed by atoms with Crippen molar-refractivity contribution in [3.63, 3.8) is 0 Å². The summed E-state index contributed by atoms with van der Waals surface area (Å²) in [6.07, 6.45) is 3.52. The second kappa shape index (κ2) is 8.31. The highest BCUT2D eigenvalue weighted by atomic mass is 35.5. The first-order valence-electron chi connectivity index (χ1n) is 7.98. The summed E-state index contributed by atoms with van der Waals surface area (Å²) in [5, 5.41) is 6.21. The second-order valence-electron chi connectivity index (χ2n) is 5.56. The lowest BCUT2D eigenvalue weighted by atomic mass is 9.92. The first kappa shape index (κ1) is 17.0. The molecule has 3 rings (SSSR count). The summed E-state index contributed by atoms with van der Waals surface area (Å²) in [4.78, 5) is 16.3. The van der Waals surface area contributed by atoms with Crippen LogP contribution in [0.2, 0.25) is 5.02 Å². The minimum absolute atomic E-state index is 0.0428.